The number of hydrogen-bond acceptors (Lipinski definition) is 5. The molecule has 0 spiro atoms. The molecule has 0 N–H and O–H groups in total. The van der Waals surface area contributed by atoms with Crippen molar-refractivity contribution >= 4 is 22.9 Å². The highest BCUT2D eigenvalue weighted by Crippen LogP contribution is 2.26. The molecule has 1 aromatic carbocycles. The van der Waals surface area contributed by atoms with Crippen molar-refractivity contribution in [1.29, 1.82) is 0 Å². The van der Waals surface area contributed by atoms with Gasteiger partial charge < -0.3 is 14.1 Å². The lowest BCUT2D eigenvalue weighted by atomic mass is 10.1. The number of nitrogens with zero attached hydrogens (tertiary/aromatic N) is 2. The molecule has 4 nitrogen and oxygen atoms in total. The van der Waals surface area contributed by atoms with E-state index in [9.17, 15) is 0 Å². The second kappa shape index (κ2) is 6.50. The van der Waals surface area contributed by atoms with Crippen LogP contribution in [0.3, 0.4) is 0 Å². The van der Waals surface area contributed by atoms with E-state index < -0.39 is 0 Å². The minimum atomic E-state index is 0.755. The van der Waals surface area contributed by atoms with Crippen molar-refractivity contribution in [3.63, 3.8) is 0 Å². The molecule has 3 rings (SSSR count). The van der Waals surface area contributed by atoms with Gasteiger partial charge in [-0.3, -0.25) is 0 Å². The number of hydrogen-bond donors (Lipinski definition) is 0. The van der Waals surface area contributed by atoms with Crippen LogP contribution in [0, 0.1) is 0 Å². The maximum atomic E-state index is 5.73. The van der Waals surface area contributed by atoms with Gasteiger partial charge in [0.15, 0.2) is 5.58 Å². The van der Waals surface area contributed by atoms with E-state index in [1.807, 2.05) is 18.2 Å². The number of rotatable bonds is 5. The Kier molecular flexibility index (Phi) is 4.47. The molecule has 0 unspecified atom stereocenters. The van der Waals surface area contributed by atoms with Gasteiger partial charge in [-0.15, -0.1) is 0 Å². The SMILES string of the molecule is COc1ccc2oc(SCCN3CCCCC3)nc2c1. The molecule has 0 radical (unpaired) electrons. The molecule has 1 aliphatic rings. The van der Waals surface area contributed by atoms with Crippen molar-refractivity contribution < 1.29 is 9.15 Å². The molecule has 1 fully saturated rings. The Morgan fingerprint density at radius 1 is 1.30 bits per heavy atom. The van der Waals surface area contributed by atoms with Crippen molar-refractivity contribution in [2.75, 3.05) is 32.5 Å². The Labute approximate surface area is 123 Å². The Morgan fingerprint density at radius 3 is 2.95 bits per heavy atom. The molecule has 0 saturated carbocycles. The molecule has 5 heteroatoms. The molecule has 0 aliphatic carbocycles. The summed E-state index contributed by atoms with van der Waals surface area (Å²) >= 11 is 1.69. The van der Waals surface area contributed by atoms with E-state index in [-0.39, 0.29) is 0 Å². The predicted molar refractivity (Wildman–Crippen MR) is 81.6 cm³/mol. The van der Waals surface area contributed by atoms with Crippen LogP contribution in [0.5, 0.6) is 5.75 Å². The van der Waals surface area contributed by atoms with Crippen LogP contribution in [0.25, 0.3) is 11.1 Å². The third kappa shape index (κ3) is 3.27. The lowest BCUT2D eigenvalue weighted by Crippen LogP contribution is -2.31. The molecular weight excluding hydrogens is 272 g/mol. The molecule has 1 saturated heterocycles. The lowest BCUT2D eigenvalue weighted by molar-refractivity contribution is 0.242. The van der Waals surface area contributed by atoms with Crippen molar-refractivity contribution in [3.8, 4) is 5.75 Å². The molecule has 20 heavy (non-hydrogen) atoms. The van der Waals surface area contributed by atoms with Crippen LogP contribution in [0.4, 0.5) is 0 Å². The van der Waals surface area contributed by atoms with Crippen molar-refractivity contribution in [3.05, 3.63) is 18.2 Å². The third-order valence-electron chi connectivity index (χ3n) is 3.66. The standard InChI is InChI=1S/C15H20N2O2S/c1-18-12-5-6-14-13(11-12)16-15(19-14)20-10-9-17-7-3-2-4-8-17/h5-6,11H,2-4,7-10H2,1H3. The van der Waals surface area contributed by atoms with Crippen LogP contribution >= 0.6 is 11.8 Å². The van der Waals surface area contributed by atoms with Gasteiger partial charge in [0.1, 0.15) is 11.3 Å². The van der Waals surface area contributed by atoms with Gasteiger partial charge >= 0.3 is 0 Å². The molecule has 1 aromatic heterocycles. The van der Waals surface area contributed by atoms with Crippen LogP contribution in [0.1, 0.15) is 19.3 Å². The van der Waals surface area contributed by atoms with E-state index in [1.54, 1.807) is 18.9 Å². The van der Waals surface area contributed by atoms with Crippen LogP contribution in [0.2, 0.25) is 0 Å². The Balaban J connectivity index is 1.57. The minimum Gasteiger partial charge on any atom is -0.497 e. The first kappa shape index (κ1) is 13.8. The van der Waals surface area contributed by atoms with E-state index in [1.165, 1.54) is 32.4 Å². The smallest absolute Gasteiger partial charge is 0.256 e. The number of aromatic nitrogens is 1. The Bertz CT molecular complexity index is 564. The van der Waals surface area contributed by atoms with Crippen molar-refractivity contribution in [2.24, 2.45) is 0 Å². The largest absolute Gasteiger partial charge is 0.497 e. The molecule has 0 atom stereocenters. The molecular formula is C15H20N2O2S. The van der Waals surface area contributed by atoms with E-state index in [4.69, 9.17) is 9.15 Å². The van der Waals surface area contributed by atoms with Crippen LogP contribution in [0.15, 0.2) is 27.8 Å². The van der Waals surface area contributed by atoms with E-state index >= 15 is 0 Å². The fourth-order valence-electron chi connectivity index (χ4n) is 2.52. The molecule has 108 valence electrons. The van der Waals surface area contributed by atoms with Gasteiger partial charge in [-0.1, -0.05) is 18.2 Å². The van der Waals surface area contributed by atoms with Gasteiger partial charge in [0.25, 0.3) is 5.22 Å². The number of fused-ring (bicyclic) bond motifs is 1. The topological polar surface area (TPSA) is 38.5 Å². The number of thioether (sulfide) groups is 1. The second-order valence-electron chi connectivity index (χ2n) is 5.06. The highest BCUT2D eigenvalue weighted by Gasteiger charge is 2.11. The van der Waals surface area contributed by atoms with Crippen LogP contribution < -0.4 is 4.74 Å². The normalized spacial score (nSPS) is 16.6. The number of ether oxygens (including phenoxy) is 1. The summed E-state index contributed by atoms with van der Waals surface area (Å²) in [5.74, 6) is 1.85. The molecule has 2 heterocycles. The highest BCUT2D eigenvalue weighted by atomic mass is 32.2. The van der Waals surface area contributed by atoms with E-state index in [0.29, 0.717) is 0 Å². The lowest BCUT2D eigenvalue weighted by Gasteiger charge is -2.25. The van der Waals surface area contributed by atoms with Crippen LogP contribution in [-0.4, -0.2) is 42.4 Å². The molecule has 2 aromatic rings. The first-order chi connectivity index (χ1) is 9.85. The van der Waals surface area contributed by atoms with Crippen LogP contribution in [-0.2, 0) is 0 Å². The summed E-state index contributed by atoms with van der Waals surface area (Å²) in [4.78, 5) is 7.03. The summed E-state index contributed by atoms with van der Waals surface area (Å²) in [5.41, 5.74) is 1.69. The third-order valence-corrected chi connectivity index (χ3v) is 4.47. The van der Waals surface area contributed by atoms with Gasteiger partial charge in [0.05, 0.1) is 7.11 Å². The first-order valence-corrected chi connectivity index (χ1v) is 8.13. The second-order valence-corrected chi connectivity index (χ2v) is 6.11. The zero-order chi connectivity index (χ0) is 13.8. The summed E-state index contributed by atoms with van der Waals surface area (Å²) in [5, 5.41) is 0.755. The first-order valence-electron chi connectivity index (χ1n) is 7.15. The molecule has 0 amide bonds. The monoisotopic (exact) mass is 292 g/mol. The van der Waals surface area contributed by atoms with Gasteiger partial charge in [-0.2, -0.15) is 0 Å². The van der Waals surface area contributed by atoms with Gasteiger partial charge in [0, 0.05) is 18.4 Å². The molecule has 1 aliphatic heterocycles. The molecule has 0 bridgehead atoms. The maximum absolute atomic E-state index is 5.73. The Morgan fingerprint density at radius 2 is 2.15 bits per heavy atom. The fraction of sp³-hybridized carbons (Fsp3) is 0.533. The zero-order valence-electron chi connectivity index (χ0n) is 11.8. The predicted octanol–water partition coefficient (Wildman–Crippen LogP) is 3.41. The number of benzene rings is 1. The number of piperidine rings is 1. The average Bonchev–Trinajstić information content (AvgIpc) is 2.90. The summed E-state index contributed by atoms with van der Waals surface area (Å²) < 4.78 is 10.9. The number of oxazole rings is 1. The average molecular weight is 292 g/mol. The Hall–Kier alpha value is -1.20. The van der Waals surface area contributed by atoms with Gasteiger partial charge in [-0.05, 0) is 38.1 Å². The summed E-state index contributed by atoms with van der Waals surface area (Å²) in [6, 6.07) is 5.72. The zero-order valence-corrected chi connectivity index (χ0v) is 12.6. The minimum absolute atomic E-state index is 0.755. The van der Waals surface area contributed by atoms with Gasteiger partial charge in [-0.25, -0.2) is 4.98 Å². The summed E-state index contributed by atoms with van der Waals surface area (Å²) in [6.07, 6.45) is 4.07. The fourth-order valence-corrected chi connectivity index (χ4v) is 3.36. The van der Waals surface area contributed by atoms with Gasteiger partial charge in [0.2, 0.25) is 0 Å². The maximum Gasteiger partial charge on any atom is 0.256 e. The quantitative estimate of drug-likeness (QED) is 0.790. The summed E-state index contributed by atoms with van der Waals surface area (Å²) in [6.45, 7) is 3.60. The van der Waals surface area contributed by atoms with Crippen molar-refractivity contribution in [2.45, 2.75) is 24.5 Å². The number of likely N-dealkylation sites (tertiary alicyclic amines) is 1. The van der Waals surface area contributed by atoms with E-state index in [2.05, 4.69) is 9.88 Å². The number of methoxy groups -OCH3 is 1. The highest BCUT2D eigenvalue weighted by molar-refractivity contribution is 7.99. The van der Waals surface area contributed by atoms with Crippen molar-refractivity contribution in [1.82, 2.24) is 9.88 Å². The summed E-state index contributed by atoms with van der Waals surface area (Å²) in [7, 11) is 1.66. The van der Waals surface area contributed by atoms with E-state index in [0.717, 1.165) is 34.4 Å².